The molecule has 0 radical (unpaired) electrons. The van der Waals surface area contributed by atoms with Gasteiger partial charge in [0.25, 0.3) is 11.7 Å². The number of pyridine rings is 1. The zero-order chi connectivity index (χ0) is 23.1. The lowest BCUT2D eigenvalue weighted by Crippen LogP contribution is -2.31. The molecule has 1 atom stereocenters. The molecule has 0 bridgehead atoms. The summed E-state index contributed by atoms with van der Waals surface area (Å²) in [5, 5.41) is 11.2. The van der Waals surface area contributed by atoms with Crippen molar-refractivity contribution in [2.45, 2.75) is 39.2 Å². The van der Waals surface area contributed by atoms with Gasteiger partial charge in [-0.15, -0.1) is 0 Å². The number of ketones is 1. The number of Topliss-reactive ketones (excluding diaryl/α,β-unsaturated/α-hetero) is 1. The number of methoxy groups -OCH3 is 1. The van der Waals surface area contributed by atoms with Crippen molar-refractivity contribution in [1.82, 2.24) is 9.88 Å². The van der Waals surface area contributed by atoms with E-state index in [-0.39, 0.29) is 11.3 Å². The lowest BCUT2D eigenvalue weighted by atomic mass is 9.95. The highest BCUT2D eigenvalue weighted by Crippen LogP contribution is 2.39. The summed E-state index contributed by atoms with van der Waals surface area (Å²) in [6.45, 7) is 5.40. The number of hydrogen-bond acceptors (Lipinski definition) is 6. The Morgan fingerprint density at radius 1 is 1.19 bits per heavy atom. The minimum atomic E-state index is -0.707. The van der Waals surface area contributed by atoms with Crippen LogP contribution in [0.5, 0.6) is 5.75 Å². The van der Waals surface area contributed by atoms with Crippen LogP contribution in [0.1, 0.15) is 48.9 Å². The Bertz CT molecular complexity index is 987. The Kier molecular flexibility index (Phi) is 8.00. The van der Waals surface area contributed by atoms with Crippen LogP contribution in [-0.2, 0) is 14.3 Å². The van der Waals surface area contributed by atoms with Gasteiger partial charge < -0.3 is 19.5 Å². The minimum absolute atomic E-state index is 0.0690. The summed E-state index contributed by atoms with van der Waals surface area (Å²) in [7, 11) is 1.59. The van der Waals surface area contributed by atoms with Gasteiger partial charge in [0.2, 0.25) is 0 Å². The van der Waals surface area contributed by atoms with E-state index in [1.165, 1.54) is 4.90 Å². The third-order valence-electron chi connectivity index (χ3n) is 5.49. The molecule has 0 aliphatic carbocycles. The summed E-state index contributed by atoms with van der Waals surface area (Å²) < 4.78 is 10.9. The van der Waals surface area contributed by atoms with Gasteiger partial charge in [0.1, 0.15) is 11.5 Å². The van der Waals surface area contributed by atoms with Gasteiger partial charge in [0, 0.05) is 38.2 Å². The van der Waals surface area contributed by atoms with E-state index < -0.39 is 17.7 Å². The minimum Gasteiger partial charge on any atom is -0.507 e. The first kappa shape index (κ1) is 23.5. The van der Waals surface area contributed by atoms with Gasteiger partial charge in [0.15, 0.2) is 0 Å². The molecule has 7 heteroatoms. The number of hydrogen-bond donors (Lipinski definition) is 1. The fourth-order valence-corrected chi connectivity index (χ4v) is 3.81. The van der Waals surface area contributed by atoms with E-state index >= 15 is 0 Å². The second-order valence-electron chi connectivity index (χ2n) is 7.81. The maximum Gasteiger partial charge on any atom is 0.295 e. The second-order valence-corrected chi connectivity index (χ2v) is 7.81. The van der Waals surface area contributed by atoms with Crippen LogP contribution in [0.3, 0.4) is 0 Å². The number of carbonyl (C=O) groups is 2. The third-order valence-corrected chi connectivity index (χ3v) is 5.49. The summed E-state index contributed by atoms with van der Waals surface area (Å²) in [4.78, 5) is 31.5. The number of rotatable bonds is 10. The number of aliphatic hydroxyl groups excluding tert-OH is 1. The van der Waals surface area contributed by atoms with E-state index in [1.807, 2.05) is 6.92 Å². The SMILES string of the molecule is CCCCOc1ccc(C(O)=C2C(=O)C(=O)N(CCCOC)[C@@H]2c2cccnc2)cc1C. The smallest absolute Gasteiger partial charge is 0.295 e. The molecule has 1 aromatic carbocycles. The normalized spacial score (nSPS) is 17.7. The van der Waals surface area contributed by atoms with E-state index in [4.69, 9.17) is 9.47 Å². The molecule has 0 unspecified atom stereocenters. The first-order chi connectivity index (χ1) is 15.5. The quantitative estimate of drug-likeness (QED) is 0.261. The van der Waals surface area contributed by atoms with Gasteiger partial charge in [-0.2, -0.15) is 0 Å². The molecule has 2 aromatic rings. The molecule has 1 amide bonds. The van der Waals surface area contributed by atoms with Gasteiger partial charge in [-0.3, -0.25) is 14.6 Å². The molecule has 0 saturated carbocycles. The Balaban J connectivity index is 2.01. The van der Waals surface area contributed by atoms with E-state index in [1.54, 1.807) is 49.8 Å². The molecule has 170 valence electrons. The average molecular weight is 439 g/mol. The summed E-state index contributed by atoms with van der Waals surface area (Å²) in [6.07, 6.45) is 5.81. The highest BCUT2D eigenvalue weighted by Gasteiger charge is 2.45. The Morgan fingerprint density at radius 2 is 2.00 bits per heavy atom. The average Bonchev–Trinajstić information content (AvgIpc) is 3.05. The Morgan fingerprint density at radius 3 is 2.66 bits per heavy atom. The molecule has 1 N–H and O–H groups in total. The lowest BCUT2D eigenvalue weighted by Gasteiger charge is -2.25. The molecular formula is C25H30N2O5. The van der Waals surface area contributed by atoms with Gasteiger partial charge in [-0.25, -0.2) is 0 Å². The molecule has 7 nitrogen and oxygen atoms in total. The summed E-state index contributed by atoms with van der Waals surface area (Å²) >= 11 is 0. The fourth-order valence-electron chi connectivity index (χ4n) is 3.81. The molecule has 1 aliphatic rings. The van der Waals surface area contributed by atoms with Crippen molar-refractivity contribution >= 4 is 17.4 Å². The van der Waals surface area contributed by atoms with E-state index in [0.29, 0.717) is 37.3 Å². The maximum absolute atomic E-state index is 13.0. The van der Waals surface area contributed by atoms with Crippen LogP contribution in [0.4, 0.5) is 0 Å². The second kappa shape index (κ2) is 10.9. The van der Waals surface area contributed by atoms with E-state index in [2.05, 4.69) is 11.9 Å². The standard InChI is InChI=1S/C25H30N2O5/c1-4-5-14-32-20-10-9-18(15-17(20)2)23(28)21-22(19-8-6-11-26-16-19)27(12-7-13-31-3)25(30)24(21)29/h6,8-11,15-16,22,28H,4-5,7,12-14H2,1-3H3/t22-/m1/s1. The number of nitrogens with zero attached hydrogens (tertiary/aromatic N) is 2. The number of aliphatic hydroxyl groups is 1. The molecule has 1 aromatic heterocycles. The number of ether oxygens (including phenoxy) is 2. The highest BCUT2D eigenvalue weighted by molar-refractivity contribution is 6.46. The van der Waals surface area contributed by atoms with Crippen LogP contribution in [-0.4, -0.2) is 53.5 Å². The highest BCUT2D eigenvalue weighted by atomic mass is 16.5. The van der Waals surface area contributed by atoms with Crippen molar-refractivity contribution in [2.75, 3.05) is 26.9 Å². The van der Waals surface area contributed by atoms with Crippen molar-refractivity contribution in [1.29, 1.82) is 0 Å². The Hall–Kier alpha value is -3.19. The van der Waals surface area contributed by atoms with Gasteiger partial charge in [-0.05, 0) is 55.2 Å². The van der Waals surface area contributed by atoms with Crippen molar-refractivity contribution in [2.24, 2.45) is 0 Å². The number of likely N-dealkylation sites (tertiary alicyclic amines) is 1. The molecule has 0 spiro atoms. The summed E-state index contributed by atoms with van der Waals surface area (Å²) in [5.74, 6) is -0.795. The first-order valence-electron chi connectivity index (χ1n) is 10.9. The fraction of sp³-hybridized carbons (Fsp3) is 0.400. The van der Waals surface area contributed by atoms with Crippen molar-refractivity contribution < 1.29 is 24.2 Å². The first-order valence-corrected chi connectivity index (χ1v) is 10.9. The van der Waals surface area contributed by atoms with Crippen LogP contribution < -0.4 is 4.74 Å². The third kappa shape index (κ3) is 4.99. The number of carbonyl (C=O) groups excluding carboxylic acids is 2. The van der Waals surface area contributed by atoms with Crippen LogP contribution in [0, 0.1) is 6.92 Å². The topological polar surface area (TPSA) is 89.0 Å². The molecular weight excluding hydrogens is 408 g/mol. The molecule has 1 saturated heterocycles. The monoisotopic (exact) mass is 438 g/mol. The Labute approximate surface area is 188 Å². The largest absolute Gasteiger partial charge is 0.507 e. The summed E-state index contributed by atoms with van der Waals surface area (Å²) in [5.41, 5.74) is 2.05. The number of amides is 1. The van der Waals surface area contributed by atoms with E-state index in [9.17, 15) is 14.7 Å². The predicted molar refractivity (Wildman–Crippen MR) is 121 cm³/mol. The zero-order valence-electron chi connectivity index (χ0n) is 18.8. The number of aromatic nitrogens is 1. The van der Waals surface area contributed by atoms with Crippen molar-refractivity contribution in [3.8, 4) is 5.75 Å². The number of unbranched alkanes of at least 4 members (excludes halogenated alkanes) is 1. The van der Waals surface area contributed by atoms with Crippen LogP contribution in [0.15, 0.2) is 48.3 Å². The molecule has 32 heavy (non-hydrogen) atoms. The molecule has 2 heterocycles. The van der Waals surface area contributed by atoms with Gasteiger partial charge >= 0.3 is 0 Å². The zero-order valence-corrected chi connectivity index (χ0v) is 18.8. The van der Waals surface area contributed by atoms with Gasteiger partial charge in [0.05, 0.1) is 18.2 Å². The van der Waals surface area contributed by atoms with Crippen molar-refractivity contribution in [3.05, 3.63) is 65.0 Å². The predicted octanol–water partition coefficient (Wildman–Crippen LogP) is 4.03. The molecule has 3 rings (SSSR count). The number of aryl methyl sites for hydroxylation is 1. The van der Waals surface area contributed by atoms with E-state index in [0.717, 1.165) is 24.2 Å². The molecule has 1 aliphatic heterocycles. The van der Waals surface area contributed by atoms with Crippen LogP contribution in [0.2, 0.25) is 0 Å². The number of benzene rings is 1. The maximum atomic E-state index is 13.0. The van der Waals surface area contributed by atoms with Gasteiger partial charge in [-0.1, -0.05) is 19.4 Å². The van der Waals surface area contributed by atoms with Crippen molar-refractivity contribution in [3.63, 3.8) is 0 Å². The molecule has 1 fully saturated rings. The van der Waals surface area contributed by atoms with Crippen LogP contribution in [0.25, 0.3) is 5.76 Å². The summed E-state index contributed by atoms with van der Waals surface area (Å²) in [6, 6.07) is 8.11. The lowest BCUT2D eigenvalue weighted by molar-refractivity contribution is -0.140. The van der Waals surface area contributed by atoms with Crippen LogP contribution >= 0.6 is 0 Å².